The minimum atomic E-state index is -0.0836. The Bertz CT molecular complexity index is 617. The molecule has 18 heavy (non-hydrogen) atoms. The molecular formula is C14H16N2O2. The largest absolute Gasteiger partial charge is 0.497 e. The number of hydrogen-bond donors (Lipinski definition) is 1. The number of aromatic amines is 1. The van der Waals surface area contributed by atoms with Crippen LogP contribution in [0.3, 0.4) is 0 Å². The third-order valence-corrected chi connectivity index (χ3v) is 2.93. The SMILES string of the molecule is CCc1nc(-c2cccc(OC)c2)[nH]c(=O)c1C. The van der Waals surface area contributed by atoms with Gasteiger partial charge in [-0.2, -0.15) is 0 Å². The summed E-state index contributed by atoms with van der Waals surface area (Å²) in [6.07, 6.45) is 0.743. The van der Waals surface area contributed by atoms with Gasteiger partial charge in [-0.05, 0) is 25.5 Å². The zero-order valence-electron chi connectivity index (χ0n) is 10.8. The maximum Gasteiger partial charge on any atom is 0.254 e. The van der Waals surface area contributed by atoms with E-state index in [0.29, 0.717) is 11.4 Å². The topological polar surface area (TPSA) is 55.0 Å². The zero-order chi connectivity index (χ0) is 13.1. The average molecular weight is 244 g/mol. The first-order valence-corrected chi connectivity index (χ1v) is 5.90. The highest BCUT2D eigenvalue weighted by atomic mass is 16.5. The number of rotatable bonds is 3. The number of hydrogen-bond acceptors (Lipinski definition) is 3. The lowest BCUT2D eigenvalue weighted by molar-refractivity contribution is 0.415. The number of ether oxygens (including phenoxy) is 1. The fourth-order valence-electron chi connectivity index (χ4n) is 1.83. The van der Waals surface area contributed by atoms with Crippen molar-refractivity contribution in [2.24, 2.45) is 0 Å². The maximum atomic E-state index is 11.8. The molecule has 0 aliphatic carbocycles. The van der Waals surface area contributed by atoms with E-state index in [-0.39, 0.29) is 5.56 Å². The molecule has 0 aliphatic rings. The van der Waals surface area contributed by atoms with Crippen LogP contribution in [0.1, 0.15) is 18.2 Å². The Hall–Kier alpha value is -2.10. The van der Waals surface area contributed by atoms with Crippen molar-refractivity contribution in [2.45, 2.75) is 20.3 Å². The minimum absolute atomic E-state index is 0.0836. The Balaban J connectivity index is 2.57. The molecule has 4 nitrogen and oxygen atoms in total. The van der Waals surface area contributed by atoms with Crippen molar-refractivity contribution >= 4 is 0 Å². The Labute approximate surface area is 106 Å². The molecule has 1 N–H and O–H groups in total. The molecule has 2 aromatic rings. The molecule has 0 amide bonds. The summed E-state index contributed by atoms with van der Waals surface area (Å²) in [6, 6.07) is 7.48. The summed E-state index contributed by atoms with van der Waals surface area (Å²) in [6.45, 7) is 3.78. The van der Waals surface area contributed by atoms with E-state index in [0.717, 1.165) is 23.4 Å². The molecule has 4 heteroatoms. The Morgan fingerprint density at radius 3 is 2.83 bits per heavy atom. The number of nitrogens with one attached hydrogen (secondary N) is 1. The van der Waals surface area contributed by atoms with Gasteiger partial charge in [0.05, 0.1) is 12.8 Å². The Morgan fingerprint density at radius 1 is 1.39 bits per heavy atom. The molecule has 2 rings (SSSR count). The van der Waals surface area contributed by atoms with Gasteiger partial charge in [-0.3, -0.25) is 4.79 Å². The quantitative estimate of drug-likeness (QED) is 0.901. The second kappa shape index (κ2) is 5.04. The van der Waals surface area contributed by atoms with Crippen LogP contribution >= 0.6 is 0 Å². The number of nitrogens with zero attached hydrogens (tertiary/aromatic N) is 1. The summed E-state index contributed by atoms with van der Waals surface area (Å²) in [5.74, 6) is 1.33. The van der Waals surface area contributed by atoms with Crippen LogP contribution in [0.5, 0.6) is 5.75 Å². The van der Waals surface area contributed by atoms with E-state index in [1.807, 2.05) is 31.2 Å². The maximum absolute atomic E-state index is 11.8. The lowest BCUT2D eigenvalue weighted by Crippen LogP contribution is -2.15. The molecule has 1 aromatic carbocycles. The molecule has 1 heterocycles. The van der Waals surface area contributed by atoms with E-state index in [2.05, 4.69) is 9.97 Å². The van der Waals surface area contributed by atoms with Gasteiger partial charge in [0.2, 0.25) is 0 Å². The lowest BCUT2D eigenvalue weighted by atomic mass is 10.1. The number of H-pyrrole nitrogens is 1. The van der Waals surface area contributed by atoms with Crippen LogP contribution in [-0.2, 0) is 6.42 Å². The Morgan fingerprint density at radius 2 is 2.17 bits per heavy atom. The molecule has 94 valence electrons. The van der Waals surface area contributed by atoms with Gasteiger partial charge in [-0.25, -0.2) is 4.98 Å². The minimum Gasteiger partial charge on any atom is -0.497 e. The van der Waals surface area contributed by atoms with Gasteiger partial charge in [0.15, 0.2) is 0 Å². The van der Waals surface area contributed by atoms with Crippen LogP contribution in [0.25, 0.3) is 11.4 Å². The van der Waals surface area contributed by atoms with E-state index < -0.39 is 0 Å². The van der Waals surface area contributed by atoms with Gasteiger partial charge in [0.25, 0.3) is 5.56 Å². The molecule has 0 radical (unpaired) electrons. The molecular weight excluding hydrogens is 228 g/mol. The van der Waals surface area contributed by atoms with Crippen LogP contribution in [0.4, 0.5) is 0 Å². The first-order chi connectivity index (χ1) is 8.65. The van der Waals surface area contributed by atoms with Gasteiger partial charge in [0.1, 0.15) is 11.6 Å². The van der Waals surface area contributed by atoms with Gasteiger partial charge in [-0.15, -0.1) is 0 Å². The Kier molecular flexibility index (Phi) is 3.46. The summed E-state index contributed by atoms with van der Waals surface area (Å²) in [5, 5.41) is 0. The number of aromatic nitrogens is 2. The number of benzene rings is 1. The van der Waals surface area contributed by atoms with E-state index in [9.17, 15) is 4.79 Å². The molecule has 0 fully saturated rings. The van der Waals surface area contributed by atoms with E-state index in [4.69, 9.17) is 4.74 Å². The average Bonchev–Trinajstić information content (AvgIpc) is 2.41. The first-order valence-electron chi connectivity index (χ1n) is 5.90. The first kappa shape index (κ1) is 12.4. The summed E-state index contributed by atoms with van der Waals surface area (Å²) in [4.78, 5) is 19.1. The highest BCUT2D eigenvalue weighted by molar-refractivity contribution is 5.57. The molecule has 1 aromatic heterocycles. The second-order valence-electron chi connectivity index (χ2n) is 4.07. The van der Waals surface area contributed by atoms with Crippen LogP contribution in [0.2, 0.25) is 0 Å². The normalized spacial score (nSPS) is 10.4. The van der Waals surface area contributed by atoms with E-state index >= 15 is 0 Å². The van der Waals surface area contributed by atoms with Crippen molar-refractivity contribution in [2.75, 3.05) is 7.11 Å². The van der Waals surface area contributed by atoms with Gasteiger partial charge in [0, 0.05) is 11.1 Å². The molecule has 0 bridgehead atoms. The molecule has 0 saturated heterocycles. The second-order valence-corrected chi connectivity index (χ2v) is 4.07. The lowest BCUT2D eigenvalue weighted by Gasteiger charge is -2.07. The van der Waals surface area contributed by atoms with Crippen LogP contribution in [0, 0.1) is 6.92 Å². The number of aryl methyl sites for hydroxylation is 1. The van der Waals surface area contributed by atoms with Crippen LogP contribution in [0.15, 0.2) is 29.1 Å². The highest BCUT2D eigenvalue weighted by Gasteiger charge is 2.08. The fourth-order valence-corrected chi connectivity index (χ4v) is 1.83. The fraction of sp³-hybridized carbons (Fsp3) is 0.286. The molecule has 0 aliphatic heterocycles. The van der Waals surface area contributed by atoms with E-state index in [1.54, 1.807) is 14.0 Å². The molecule has 0 spiro atoms. The predicted molar refractivity (Wildman–Crippen MR) is 71.0 cm³/mol. The summed E-state index contributed by atoms with van der Waals surface area (Å²) in [5.41, 5.74) is 2.28. The van der Waals surface area contributed by atoms with Gasteiger partial charge < -0.3 is 9.72 Å². The molecule has 0 unspecified atom stereocenters. The monoisotopic (exact) mass is 244 g/mol. The van der Waals surface area contributed by atoms with Crippen LogP contribution < -0.4 is 10.3 Å². The predicted octanol–water partition coefficient (Wildman–Crippen LogP) is 2.32. The van der Waals surface area contributed by atoms with Gasteiger partial charge >= 0.3 is 0 Å². The van der Waals surface area contributed by atoms with Crippen molar-refractivity contribution in [3.8, 4) is 17.1 Å². The van der Waals surface area contributed by atoms with Gasteiger partial charge in [-0.1, -0.05) is 19.1 Å². The van der Waals surface area contributed by atoms with Crippen molar-refractivity contribution < 1.29 is 4.74 Å². The molecule has 0 atom stereocenters. The molecule has 0 saturated carbocycles. The third-order valence-electron chi connectivity index (χ3n) is 2.93. The van der Waals surface area contributed by atoms with Crippen LogP contribution in [-0.4, -0.2) is 17.1 Å². The van der Waals surface area contributed by atoms with Crippen molar-refractivity contribution in [1.82, 2.24) is 9.97 Å². The summed E-state index contributed by atoms with van der Waals surface area (Å²) >= 11 is 0. The highest BCUT2D eigenvalue weighted by Crippen LogP contribution is 2.20. The zero-order valence-corrected chi connectivity index (χ0v) is 10.8. The summed E-state index contributed by atoms with van der Waals surface area (Å²) < 4.78 is 5.17. The van der Waals surface area contributed by atoms with Crippen molar-refractivity contribution in [3.05, 3.63) is 45.9 Å². The summed E-state index contributed by atoms with van der Waals surface area (Å²) in [7, 11) is 1.61. The van der Waals surface area contributed by atoms with Crippen molar-refractivity contribution in [1.29, 1.82) is 0 Å². The standard InChI is InChI=1S/C14H16N2O2/c1-4-12-9(2)14(17)16-13(15-12)10-6-5-7-11(8-10)18-3/h5-8H,4H2,1-3H3,(H,15,16,17). The van der Waals surface area contributed by atoms with E-state index in [1.165, 1.54) is 0 Å². The smallest absolute Gasteiger partial charge is 0.254 e. The van der Waals surface area contributed by atoms with Crippen molar-refractivity contribution in [3.63, 3.8) is 0 Å². The number of methoxy groups -OCH3 is 1. The third kappa shape index (κ3) is 2.27.